The minimum Gasteiger partial charge on any atom is -0.443 e. The summed E-state index contributed by atoms with van der Waals surface area (Å²) in [6.45, 7) is 7.79. The molecule has 0 fully saturated rings. The van der Waals surface area contributed by atoms with Gasteiger partial charge in [-0.25, -0.2) is 4.79 Å². The second-order valence-electron chi connectivity index (χ2n) is 10.8. The maximum atomic E-state index is 12.5. The molecular weight excluding hydrogens is 548 g/mol. The van der Waals surface area contributed by atoms with Gasteiger partial charge in [0.1, 0.15) is 24.3 Å². The van der Waals surface area contributed by atoms with Crippen LogP contribution in [-0.4, -0.2) is 50.6 Å². The number of pyridine rings is 1. The fraction of sp³-hybridized carbons (Fsp3) is 0.344. The van der Waals surface area contributed by atoms with Gasteiger partial charge in [0.25, 0.3) is 0 Å². The third-order valence-corrected chi connectivity index (χ3v) is 6.63. The van der Waals surface area contributed by atoms with Gasteiger partial charge in [-0.1, -0.05) is 73.7 Å². The number of carbonyl (C=O) groups is 3. The summed E-state index contributed by atoms with van der Waals surface area (Å²) < 4.78 is 13.2. The average molecular weight is 589 g/mol. The van der Waals surface area contributed by atoms with Gasteiger partial charge >= 0.3 is 6.09 Å². The molecule has 228 valence electrons. The first-order chi connectivity index (χ1) is 20.5. The molecule has 4 rings (SSSR count). The molecule has 43 heavy (non-hydrogen) atoms. The van der Waals surface area contributed by atoms with Crippen LogP contribution in [0.4, 0.5) is 4.79 Å². The first-order valence-corrected chi connectivity index (χ1v) is 14.0. The van der Waals surface area contributed by atoms with Gasteiger partial charge in [-0.05, 0) is 44.0 Å². The summed E-state index contributed by atoms with van der Waals surface area (Å²) >= 11 is 0. The molecule has 0 aliphatic carbocycles. The van der Waals surface area contributed by atoms with E-state index < -0.39 is 23.6 Å². The van der Waals surface area contributed by atoms with Gasteiger partial charge < -0.3 is 26.3 Å². The highest BCUT2D eigenvalue weighted by Crippen LogP contribution is 2.19. The highest BCUT2D eigenvalue weighted by molar-refractivity contribution is 5.85. The SMILES string of the molecule is CC(=O)C(C)(C)N.CC(COCc1ccccc1)c1nnc2cccc(COC(=O)N[C@H](Cc3ccccc3)C(N)=O)n12. The molecule has 11 heteroatoms. The van der Waals surface area contributed by atoms with Crippen LogP contribution in [-0.2, 0) is 38.7 Å². The van der Waals surface area contributed by atoms with E-state index >= 15 is 0 Å². The minimum absolute atomic E-state index is 0.0208. The smallest absolute Gasteiger partial charge is 0.408 e. The van der Waals surface area contributed by atoms with E-state index in [0.29, 0.717) is 30.4 Å². The monoisotopic (exact) mass is 588 g/mol. The van der Waals surface area contributed by atoms with Crippen LogP contribution >= 0.6 is 0 Å². The number of hydrogen-bond acceptors (Lipinski definition) is 8. The zero-order chi connectivity index (χ0) is 31.4. The Hall–Kier alpha value is -4.61. The van der Waals surface area contributed by atoms with Crippen LogP contribution in [0.15, 0.2) is 78.9 Å². The Morgan fingerprint density at radius 2 is 1.51 bits per heavy atom. The van der Waals surface area contributed by atoms with Gasteiger partial charge in [0.2, 0.25) is 5.91 Å². The molecule has 0 saturated carbocycles. The molecule has 2 heterocycles. The van der Waals surface area contributed by atoms with Crippen molar-refractivity contribution in [2.24, 2.45) is 11.5 Å². The van der Waals surface area contributed by atoms with Crippen molar-refractivity contribution in [3.63, 3.8) is 0 Å². The van der Waals surface area contributed by atoms with Crippen LogP contribution in [0.2, 0.25) is 0 Å². The molecule has 2 aromatic carbocycles. The largest absolute Gasteiger partial charge is 0.443 e. The molecular formula is C32H40N6O5. The molecule has 0 spiro atoms. The van der Waals surface area contributed by atoms with Gasteiger partial charge in [-0.2, -0.15) is 0 Å². The van der Waals surface area contributed by atoms with E-state index in [-0.39, 0.29) is 24.7 Å². The number of nitrogens with one attached hydrogen (secondary N) is 1. The Bertz CT molecular complexity index is 1480. The Kier molecular flexibility index (Phi) is 11.9. The molecule has 1 unspecified atom stereocenters. The molecule has 0 saturated heterocycles. The van der Waals surface area contributed by atoms with Gasteiger partial charge in [0.15, 0.2) is 5.65 Å². The number of nitrogens with two attached hydrogens (primary N) is 2. The summed E-state index contributed by atoms with van der Waals surface area (Å²) in [7, 11) is 0. The number of amides is 2. The third kappa shape index (κ3) is 10.3. The van der Waals surface area contributed by atoms with Crippen LogP contribution in [0.1, 0.15) is 56.3 Å². The number of carbonyl (C=O) groups excluding carboxylic acids is 3. The summed E-state index contributed by atoms with van der Waals surface area (Å²) in [4.78, 5) is 34.7. The van der Waals surface area contributed by atoms with Crippen molar-refractivity contribution in [2.75, 3.05) is 6.61 Å². The van der Waals surface area contributed by atoms with Crippen molar-refractivity contribution in [3.05, 3.63) is 102 Å². The predicted molar refractivity (Wildman–Crippen MR) is 163 cm³/mol. The molecule has 0 aliphatic heterocycles. The van der Waals surface area contributed by atoms with E-state index in [1.165, 1.54) is 6.92 Å². The lowest BCUT2D eigenvalue weighted by atomic mass is 10.0. The summed E-state index contributed by atoms with van der Waals surface area (Å²) in [5, 5.41) is 11.2. The van der Waals surface area contributed by atoms with E-state index in [4.69, 9.17) is 20.9 Å². The van der Waals surface area contributed by atoms with E-state index in [1.54, 1.807) is 13.8 Å². The lowest BCUT2D eigenvalue weighted by Gasteiger charge is -2.16. The highest BCUT2D eigenvalue weighted by atomic mass is 16.5. The maximum Gasteiger partial charge on any atom is 0.408 e. The van der Waals surface area contributed by atoms with E-state index in [9.17, 15) is 14.4 Å². The van der Waals surface area contributed by atoms with Crippen LogP contribution in [0.3, 0.4) is 0 Å². The Balaban J connectivity index is 0.000000646. The number of primary amides is 1. The van der Waals surface area contributed by atoms with Crippen LogP contribution in [0.5, 0.6) is 0 Å². The number of Topliss-reactive ketones (excluding diaryl/α,β-unsaturated/α-hetero) is 1. The molecule has 0 aliphatic rings. The van der Waals surface area contributed by atoms with Gasteiger partial charge in [0.05, 0.1) is 24.4 Å². The second kappa shape index (κ2) is 15.6. The Labute approximate surface area is 251 Å². The number of nitrogens with zero attached hydrogens (tertiary/aromatic N) is 3. The number of hydrogen-bond donors (Lipinski definition) is 3. The summed E-state index contributed by atoms with van der Waals surface area (Å²) in [6.07, 6.45) is -0.461. The summed E-state index contributed by atoms with van der Waals surface area (Å²) in [5.74, 6) is 0.0383. The zero-order valence-electron chi connectivity index (χ0n) is 25.0. The number of alkyl carbamates (subject to hydrolysis) is 1. The molecule has 2 atom stereocenters. The molecule has 0 radical (unpaired) electrons. The number of rotatable bonds is 12. The summed E-state index contributed by atoms with van der Waals surface area (Å²) in [6, 6.07) is 23.9. The standard InChI is InChI=1S/C27H29N5O4.C5H11NO/c1-19(16-35-17-21-11-6-3-7-12-21)26-31-30-24-14-8-13-22(32(24)26)18-36-27(34)29-23(25(28)33)15-20-9-4-2-5-10-20;1-4(7)5(2,3)6/h2-14,19,23H,15-18H2,1H3,(H2,28,33)(H,29,34);6H2,1-3H3/t19?,23-;/m1./s1. The van der Waals surface area contributed by atoms with E-state index in [2.05, 4.69) is 15.5 Å². The van der Waals surface area contributed by atoms with Crippen molar-refractivity contribution >= 4 is 23.4 Å². The van der Waals surface area contributed by atoms with Gasteiger partial charge in [0, 0.05) is 12.3 Å². The lowest BCUT2D eigenvalue weighted by molar-refractivity contribution is -0.121. The minimum atomic E-state index is -0.886. The predicted octanol–water partition coefficient (Wildman–Crippen LogP) is 3.69. The third-order valence-electron chi connectivity index (χ3n) is 6.63. The van der Waals surface area contributed by atoms with Crippen molar-refractivity contribution < 1.29 is 23.9 Å². The highest BCUT2D eigenvalue weighted by Gasteiger charge is 2.21. The summed E-state index contributed by atoms with van der Waals surface area (Å²) in [5.41, 5.74) is 13.5. The van der Waals surface area contributed by atoms with E-state index in [1.807, 2.05) is 90.2 Å². The lowest BCUT2D eigenvalue weighted by Crippen LogP contribution is -2.46. The number of benzene rings is 2. The number of ether oxygens (including phenoxy) is 2. The first-order valence-electron chi connectivity index (χ1n) is 14.0. The van der Waals surface area contributed by atoms with Gasteiger partial charge in [-0.15, -0.1) is 10.2 Å². The molecule has 5 N–H and O–H groups in total. The molecule has 11 nitrogen and oxygen atoms in total. The van der Waals surface area contributed by atoms with Crippen molar-refractivity contribution in [3.8, 4) is 0 Å². The Morgan fingerprint density at radius 1 is 0.907 bits per heavy atom. The average Bonchev–Trinajstić information content (AvgIpc) is 3.42. The quantitative estimate of drug-likeness (QED) is 0.226. The topological polar surface area (TPSA) is 164 Å². The molecule has 0 bridgehead atoms. The van der Waals surface area contributed by atoms with Crippen molar-refractivity contribution in [2.45, 2.75) is 64.8 Å². The second-order valence-corrected chi connectivity index (χ2v) is 10.8. The Morgan fingerprint density at radius 3 is 2.09 bits per heavy atom. The van der Waals surface area contributed by atoms with E-state index in [0.717, 1.165) is 11.1 Å². The first kappa shape index (κ1) is 32.9. The number of fused-ring (bicyclic) bond motifs is 1. The molecule has 2 aromatic heterocycles. The van der Waals surface area contributed by atoms with Crippen LogP contribution in [0.25, 0.3) is 5.65 Å². The number of aromatic nitrogens is 3. The van der Waals surface area contributed by atoms with Gasteiger partial charge in [-0.3, -0.25) is 14.0 Å². The van der Waals surface area contributed by atoms with Crippen molar-refractivity contribution in [1.29, 1.82) is 0 Å². The molecule has 2 amide bonds. The van der Waals surface area contributed by atoms with Crippen LogP contribution < -0.4 is 16.8 Å². The maximum absolute atomic E-state index is 12.5. The number of ketones is 1. The van der Waals surface area contributed by atoms with Crippen LogP contribution in [0, 0.1) is 0 Å². The molecule has 4 aromatic rings. The fourth-order valence-corrected chi connectivity index (χ4v) is 3.86. The zero-order valence-corrected chi connectivity index (χ0v) is 25.0. The fourth-order valence-electron chi connectivity index (χ4n) is 3.86. The normalized spacial score (nSPS) is 12.5. The van der Waals surface area contributed by atoms with Crippen molar-refractivity contribution in [1.82, 2.24) is 19.9 Å².